The molecule has 0 N–H and O–H groups in total. The molecule has 0 radical (unpaired) electrons. The maximum absolute atomic E-state index is 14.2. The third kappa shape index (κ3) is 5.76. The maximum atomic E-state index is 14.2. The van der Waals surface area contributed by atoms with Gasteiger partial charge in [0.15, 0.2) is 5.78 Å². The molecule has 0 saturated carbocycles. The molecule has 0 aromatic heterocycles. The van der Waals surface area contributed by atoms with Crippen molar-refractivity contribution in [2.24, 2.45) is 0 Å². The van der Waals surface area contributed by atoms with Crippen LogP contribution in [0.3, 0.4) is 0 Å². The van der Waals surface area contributed by atoms with Crippen LogP contribution >= 0.6 is 0 Å². The molecular weight excluding hydrogens is 580 g/mol. The fourth-order valence-electron chi connectivity index (χ4n) is 5.86. The van der Waals surface area contributed by atoms with Gasteiger partial charge < -0.3 is 14.4 Å². The van der Waals surface area contributed by atoms with E-state index < -0.39 is 10.8 Å². The second kappa shape index (κ2) is 12.9. The third-order valence-corrected chi connectivity index (χ3v) is 8.14. The molecule has 2 aliphatic rings. The van der Waals surface area contributed by atoms with Gasteiger partial charge in [0, 0.05) is 18.2 Å². The number of nitrogens with zero attached hydrogens (tertiary/aromatic N) is 2. The lowest BCUT2D eigenvalue weighted by molar-refractivity contribution is -0.430. The minimum absolute atomic E-state index is 0.116. The molecule has 1 atom stereocenters. The quantitative estimate of drug-likeness (QED) is 0.104. The average Bonchev–Trinajstić information content (AvgIpc) is 3.39. The molecule has 0 spiro atoms. The molecule has 2 aliphatic heterocycles. The Kier molecular flexibility index (Phi) is 8.43. The maximum Gasteiger partial charge on any atom is 0.261 e. The van der Waals surface area contributed by atoms with Crippen LogP contribution in [-0.4, -0.2) is 35.6 Å². The number of allylic oxidation sites excluding steroid dienone is 5. The minimum atomic E-state index is -0.862. The van der Waals surface area contributed by atoms with Crippen LogP contribution in [0.4, 0.5) is 0 Å². The Balaban J connectivity index is 1.48. The van der Waals surface area contributed by atoms with E-state index in [0.717, 1.165) is 5.56 Å². The van der Waals surface area contributed by atoms with Gasteiger partial charge in [-0.3, -0.25) is 19.7 Å². The number of Topliss-reactive ketones (excluding diaryl/α,β-unsaturated/α-hetero) is 2. The van der Waals surface area contributed by atoms with Crippen LogP contribution in [0.15, 0.2) is 145 Å². The number of carbonyl (C=O) groups excluding carboxylic acids is 2. The molecule has 2 heterocycles. The molecule has 4 aromatic rings. The minimum Gasteiger partial charge on any atom is -0.497 e. The zero-order valence-electron chi connectivity index (χ0n) is 25.3. The Hall–Kier alpha value is -6.02. The van der Waals surface area contributed by atoms with Crippen molar-refractivity contribution in [2.75, 3.05) is 14.2 Å². The summed E-state index contributed by atoms with van der Waals surface area (Å²) < 4.78 is 10.7. The number of carbonyl (C=O) groups is 2. The monoisotopic (exact) mass is 610 g/mol. The predicted molar refractivity (Wildman–Crippen MR) is 175 cm³/mol. The third-order valence-electron chi connectivity index (χ3n) is 8.14. The van der Waals surface area contributed by atoms with E-state index in [2.05, 4.69) is 0 Å². The summed E-state index contributed by atoms with van der Waals surface area (Å²) in [5.74, 6) is -0.0423. The molecule has 4 aromatic carbocycles. The van der Waals surface area contributed by atoms with Crippen LogP contribution in [0.2, 0.25) is 0 Å². The van der Waals surface area contributed by atoms with Crippen LogP contribution in [-0.2, 0) is 4.79 Å². The summed E-state index contributed by atoms with van der Waals surface area (Å²) in [4.78, 5) is 41.8. The van der Waals surface area contributed by atoms with Gasteiger partial charge in [-0.05, 0) is 65.2 Å². The first kappa shape index (κ1) is 30.0. The number of fused-ring (bicyclic) bond motifs is 1. The lowest BCUT2D eigenvalue weighted by Gasteiger charge is -2.23. The van der Waals surface area contributed by atoms with Crippen LogP contribution in [0, 0.1) is 10.1 Å². The number of nitro groups is 1. The zero-order chi connectivity index (χ0) is 32.2. The smallest absolute Gasteiger partial charge is 0.261 e. The van der Waals surface area contributed by atoms with Crippen LogP contribution < -0.4 is 9.47 Å². The normalized spacial score (nSPS) is 15.7. The second-order valence-corrected chi connectivity index (χ2v) is 10.8. The van der Waals surface area contributed by atoms with Gasteiger partial charge in [0.05, 0.1) is 47.6 Å². The standard InChI is InChI=1S/C38H30N2O6/c1-45-30-17-13-27(14-18-30)35-37(28-15-19-31(46-2)20-16-28)39-22-21-29(23-33(39)38(35)42)36(40(43)44)32(25-9-5-3-6-10-25)24-34(41)26-11-7-4-8-12-26/h3-23,32H,24H2,1-2H3/b36-29-. The molecule has 6 rings (SSSR count). The molecule has 8 nitrogen and oxygen atoms in total. The summed E-state index contributed by atoms with van der Waals surface area (Å²) in [7, 11) is 3.16. The summed E-state index contributed by atoms with van der Waals surface area (Å²) >= 11 is 0. The first-order chi connectivity index (χ1) is 22.4. The van der Waals surface area contributed by atoms with E-state index in [1.54, 1.807) is 98.1 Å². The molecule has 0 amide bonds. The van der Waals surface area contributed by atoms with E-state index in [9.17, 15) is 19.7 Å². The largest absolute Gasteiger partial charge is 0.497 e. The molecule has 228 valence electrons. The van der Waals surface area contributed by atoms with Gasteiger partial charge in [-0.15, -0.1) is 0 Å². The highest BCUT2D eigenvalue weighted by Gasteiger charge is 2.39. The van der Waals surface area contributed by atoms with E-state index in [0.29, 0.717) is 39.5 Å². The summed E-state index contributed by atoms with van der Waals surface area (Å²) in [5.41, 5.74) is 4.01. The Morgan fingerprint density at radius 3 is 1.93 bits per heavy atom. The topological polar surface area (TPSA) is 99.0 Å². The van der Waals surface area contributed by atoms with Crippen LogP contribution in [0.1, 0.15) is 39.4 Å². The summed E-state index contributed by atoms with van der Waals surface area (Å²) in [6.45, 7) is 0. The number of hydrogen-bond donors (Lipinski definition) is 0. The van der Waals surface area contributed by atoms with Gasteiger partial charge in [-0.1, -0.05) is 72.8 Å². The van der Waals surface area contributed by atoms with Crippen molar-refractivity contribution in [2.45, 2.75) is 12.3 Å². The summed E-state index contributed by atoms with van der Waals surface area (Å²) in [6.07, 6.45) is 4.76. The van der Waals surface area contributed by atoms with E-state index in [1.165, 1.54) is 0 Å². The first-order valence-corrected chi connectivity index (χ1v) is 14.7. The van der Waals surface area contributed by atoms with Crippen molar-refractivity contribution in [3.05, 3.63) is 177 Å². The number of hydrogen-bond acceptors (Lipinski definition) is 7. The van der Waals surface area contributed by atoms with Gasteiger partial charge in [0.1, 0.15) is 11.5 Å². The average molecular weight is 611 g/mol. The van der Waals surface area contributed by atoms with E-state index >= 15 is 0 Å². The fourth-order valence-corrected chi connectivity index (χ4v) is 5.86. The molecule has 0 fully saturated rings. The SMILES string of the molecule is COc1ccc(C2=C(c3ccc(OC)cc3)N3C=C/C(=C(\C(CC(=O)c4ccccc4)c4ccccc4)[N+](=O)[O-])C=C3C2=O)cc1. The van der Waals surface area contributed by atoms with Crippen molar-refractivity contribution in [1.29, 1.82) is 0 Å². The van der Waals surface area contributed by atoms with E-state index in [4.69, 9.17) is 9.47 Å². The van der Waals surface area contributed by atoms with Crippen molar-refractivity contribution in [3.63, 3.8) is 0 Å². The lowest BCUT2D eigenvalue weighted by atomic mass is 9.86. The molecule has 0 aliphatic carbocycles. The summed E-state index contributed by atoms with van der Waals surface area (Å²) in [6, 6.07) is 32.3. The Morgan fingerprint density at radius 2 is 1.37 bits per heavy atom. The van der Waals surface area contributed by atoms with E-state index in [1.807, 2.05) is 48.5 Å². The number of benzene rings is 4. The molecule has 1 unspecified atom stereocenters. The van der Waals surface area contributed by atoms with Crippen molar-refractivity contribution < 1.29 is 24.0 Å². The van der Waals surface area contributed by atoms with Crippen molar-refractivity contribution >= 4 is 22.8 Å². The highest BCUT2D eigenvalue weighted by Crippen LogP contribution is 2.44. The highest BCUT2D eigenvalue weighted by molar-refractivity contribution is 6.38. The Bertz CT molecular complexity index is 1920. The predicted octanol–water partition coefficient (Wildman–Crippen LogP) is 7.46. The molecule has 0 bridgehead atoms. The van der Waals surface area contributed by atoms with Crippen LogP contribution in [0.25, 0.3) is 11.3 Å². The number of ketones is 2. The highest BCUT2D eigenvalue weighted by atomic mass is 16.6. The van der Waals surface area contributed by atoms with Crippen molar-refractivity contribution in [3.8, 4) is 11.5 Å². The van der Waals surface area contributed by atoms with Gasteiger partial charge in [0.25, 0.3) is 5.70 Å². The molecular formula is C38H30N2O6. The fraction of sp³-hybridized carbons (Fsp3) is 0.105. The number of ether oxygens (including phenoxy) is 2. The van der Waals surface area contributed by atoms with Gasteiger partial charge in [0.2, 0.25) is 5.78 Å². The van der Waals surface area contributed by atoms with E-state index in [-0.39, 0.29) is 35.0 Å². The van der Waals surface area contributed by atoms with Gasteiger partial charge in [-0.25, -0.2) is 0 Å². The van der Waals surface area contributed by atoms with Crippen molar-refractivity contribution in [1.82, 2.24) is 4.90 Å². The Labute approximate surface area is 266 Å². The van der Waals surface area contributed by atoms with Gasteiger partial charge in [-0.2, -0.15) is 0 Å². The summed E-state index contributed by atoms with van der Waals surface area (Å²) in [5, 5.41) is 12.8. The molecule has 46 heavy (non-hydrogen) atoms. The first-order valence-electron chi connectivity index (χ1n) is 14.7. The number of rotatable bonds is 10. The molecule has 0 saturated heterocycles. The lowest BCUT2D eigenvalue weighted by Crippen LogP contribution is -2.20. The van der Waals surface area contributed by atoms with Gasteiger partial charge >= 0.3 is 0 Å². The zero-order valence-corrected chi connectivity index (χ0v) is 25.3. The van der Waals surface area contributed by atoms with Crippen LogP contribution in [0.5, 0.6) is 11.5 Å². The molecule has 8 heteroatoms. The Morgan fingerprint density at radius 1 is 0.804 bits per heavy atom. The number of methoxy groups -OCH3 is 2. The second-order valence-electron chi connectivity index (χ2n) is 10.8.